The van der Waals surface area contributed by atoms with Crippen molar-refractivity contribution in [1.82, 2.24) is 9.78 Å². The molecule has 1 rings (SSSR count). The van der Waals surface area contributed by atoms with Crippen LogP contribution in [0.15, 0.2) is 6.20 Å². The lowest BCUT2D eigenvalue weighted by Crippen LogP contribution is -2.08. The molecule has 0 fully saturated rings. The Morgan fingerprint density at radius 1 is 1.69 bits per heavy atom. The van der Waals surface area contributed by atoms with Crippen LogP contribution < -0.4 is 10.1 Å². The van der Waals surface area contributed by atoms with Gasteiger partial charge in [0, 0.05) is 7.05 Å². The molecule has 0 atom stereocenters. The van der Waals surface area contributed by atoms with Crippen molar-refractivity contribution >= 4 is 12.1 Å². The highest BCUT2D eigenvalue weighted by molar-refractivity contribution is 5.73. The smallest absolute Gasteiger partial charge is 0.257 e. The molecule has 0 aliphatic heterocycles. The Morgan fingerprint density at radius 3 is 2.92 bits per heavy atom. The summed E-state index contributed by atoms with van der Waals surface area (Å²) in [6.45, 7) is 3.80. The molecule has 5 heteroatoms. The first kappa shape index (κ1) is 9.57. The summed E-state index contributed by atoms with van der Waals surface area (Å²) < 4.78 is 6.95. The molecule has 72 valence electrons. The van der Waals surface area contributed by atoms with Gasteiger partial charge in [0.05, 0.1) is 12.3 Å². The van der Waals surface area contributed by atoms with Crippen LogP contribution in [0.25, 0.3) is 0 Å². The minimum atomic E-state index is 0.0436. The van der Waals surface area contributed by atoms with E-state index in [1.165, 1.54) is 0 Å². The third kappa shape index (κ3) is 2.47. The number of nitrogens with zero attached hydrogens (tertiary/aromatic N) is 2. The van der Waals surface area contributed by atoms with Crippen LogP contribution in [-0.2, 0) is 11.8 Å². The average Bonchev–Trinajstić information content (AvgIpc) is 2.31. The lowest BCUT2D eigenvalue weighted by atomic mass is 10.4. The molecule has 0 aliphatic rings. The minimum absolute atomic E-state index is 0.0436. The van der Waals surface area contributed by atoms with Gasteiger partial charge < -0.3 is 10.1 Å². The summed E-state index contributed by atoms with van der Waals surface area (Å²) in [6.07, 6.45) is 2.33. The van der Waals surface area contributed by atoms with Crippen molar-refractivity contribution in [3.8, 4) is 5.88 Å². The molecule has 0 saturated carbocycles. The van der Waals surface area contributed by atoms with Crippen molar-refractivity contribution < 1.29 is 9.53 Å². The zero-order valence-corrected chi connectivity index (χ0v) is 7.94. The molecule has 0 unspecified atom stereocenters. The van der Waals surface area contributed by atoms with Gasteiger partial charge in [0.15, 0.2) is 0 Å². The summed E-state index contributed by atoms with van der Waals surface area (Å²) in [5.74, 6) is 0.449. The lowest BCUT2D eigenvalue weighted by molar-refractivity contribution is -0.105. The largest absolute Gasteiger partial charge is 0.472 e. The van der Waals surface area contributed by atoms with E-state index in [4.69, 9.17) is 4.74 Å². The van der Waals surface area contributed by atoms with Crippen LogP contribution in [0, 0.1) is 0 Å². The second kappa shape index (κ2) is 3.93. The number of ether oxygens (including phenoxy) is 1. The van der Waals surface area contributed by atoms with Crippen molar-refractivity contribution in [1.29, 1.82) is 0 Å². The lowest BCUT2D eigenvalue weighted by Gasteiger charge is -2.07. The first-order valence-electron chi connectivity index (χ1n) is 4.04. The SMILES string of the molecule is CC(C)Oc1nn(C)cc1NC=O. The number of hydrogen-bond acceptors (Lipinski definition) is 3. The predicted molar refractivity (Wildman–Crippen MR) is 48.7 cm³/mol. The number of rotatable bonds is 4. The molecule has 0 radical (unpaired) electrons. The number of hydrogen-bond donors (Lipinski definition) is 1. The van der Waals surface area contributed by atoms with Gasteiger partial charge in [-0.05, 0) is 13.8 Å². The molecule has 0 spiro atoms. The van der Waals surface area contributed by atoms with E-state index in [-0.39, 0.29) is 6.10 Å². The fourth-order valence-corrected chi connectivity index (χ4v) is 0.941. The molecule has 0 aromatic carbocycles. The Balaban J connectivity index is 2.83. The van der Waals surface area contributed by atoms with Crippen LogP contribution >= 0.6 is 0 Å². The fraction of sp³-hybridized carbons (Fsp3) is 0.500. The molecule has 0 bridgehead atoms. The maximum atomic E-state index is 10.2. The van der Waals surface area contributed by atoms with Crippen molar-refractivity contribution in [2.75, 3.05) is 5.32 Å². The van der Waals surface area contributed by atoms with Gasteiger partial charge >= 0.3 is 0 Å². The zero-order chi connectivity index (χ0) is 9.84. The topological polar surface area (TPSA) is 56.1 Å². The Kier molecular flexibility index (Phi) is 2.89. The number of aromatic nitrogens is 2. The molecule has 0 saturated heterocycles. The summed E-state index contributed by atoms with van der Waals surface area (Å²) in [6, 6.07) is 0. The highest BCUT2D eigenvalue weighted by Crippen LogP contribution is 2.21. The maximum absolute atomic E-state index is 10.2. The molecular weight excluding hydrogens is 170 g/mol. The van der Waals surface area contributed by atoms with Gasteiger partial charge in [0.25, 0.3) is 5.88 Å². The Morgan fingerprint density at radius 2 is 2.38 bits per heavy atom. The van der Waals surface area contributed by atoms with Gasteiger partial charge in [0.1, 0.15) is 5.69 Å². The summed E-state index contributed by atoms with van der Waals surface area (Å²) in [4.78, 5) is 10.2. The van der Waals surface area contributed by atoms with E-state index in [2.05, 4.69) is 10.4 Å². The van der Waals surface area contributed by atoms with Crippen LogP contribution in [0.4, 0.5) is 5.69 Å². The van der Waals surface area contributed by atoms with Crippen LogP contribution in [-0.4, -0.2) is 22.3 Å². The van der Waals surface area contributed by atoms with Crippen LogP contribution in [0.1, 0.15) is 13.8 Å². The van der Waals surface area contributed by atoms with Gasteiger partial charge in [-0.15, -0.1) is 5.10 Å². The summed E-state index contributed by atoms with van der Waals surface area (Å²) in [5, 5.41) is 6.56. The van der Waals surface area contributed by atoms with E-state index in [1.54, 1.807) is 17.9 Å². The number of carbonyl (C=O) groups excluding carboxylic acids is 1. The first-order chi connectivity index (χ1) is 6.13. The number of carbonyl (C=O) groups is 1. The number of aryl methyl sites for hydroxylation is 1. The fourth-order valence-electron chi connectivity index (χ4n) is 0.941. The monoisotopic (exact) mass is 183 g/mol. The van der Waals surface area contributed by atoms with Gasteiger partial charge in [-0.25, -0.2) is 0 Å². The molecule has 5 nitrogen and oxygen atoms in total. The number of nitrogens with one attached hydrogen (secondary N) is 1. The summed E-state index contributed by atoms with van der Waals surface area (Å²) >= 11 is 0. The standard InChI is InChI=1S/C8H13N3O2/c1-6(2)13-8-7(9-5-12)4-11(3)10-8/h4-6H,1-3H3,(H,9,12). The Hall–Kier alpha value is -1.52. The summed E-state index contributed by atoms with van der Waals surface area (Å²) in [7, 11) is 1.77. The molecule has 0 aliphatic carbocycles. The van der Waals surface area contributed by atoms with Crippen LogP contribution in [0.3, 0.4) is 0 Å². The average molecular weight is 183 g/mol. The summed E-state index contributed by atoms with van der Waals surface area (Å²) in [5.41, 5.74) is 0.589. The zero-order valence-electron chi connectivity index (χ0n) is 7.94. The van der Waals surface area contributed by atoms with E-state index in [9.17, 15) is 4.79 Å². The Labute approximate surface area is 76.7 Å². The van der Waals surface area contributed by atoms with E-state index in [0.717, 1.165) is 0 Å². The molecule has 1 amide bonds. The molecule has 1 aromatic rings. The molecule has 1 heterocycles. The van der Waals surface area contributed by atoms with Gasteiger partial charge in [0.2, 0.25) is 6.41 Å². The second-order valence-corrected chi connectivity index (χ2v) is 2.95. The van der Waals surface area contributed by atoms with Crippen molar-refractivity contribution in [3.05, 3.63) is 6.20 Å². The quantitative estimate of drug-likeness (QED) is 0.701. The second-order valence-electron chi connectivity index (χ2n) is 2.95. The molecule has 13 heavy (non-hydrogen) atoms. The third-order valence-electron chi connectivity index (χ3n) is 1.36. The van der Waals surface area contributed by atoms with Gasteiger partial charge in [-0.1, -0.05) is 0 Å². The number of amides is 1. The van der Waals surface area contributed by atoms with Gasteiger partial charge in [-0.3, -0.25) is 9.48 Å². The highest BCUT2D eigenvalue weighted by Gasteiger charge is 2.09. The van der Waals surface area contributed by atoms with Crippen LogP contribution in [0.2, 0.25) is 0 Å². The highest BCUT2D eigenvalue weighted by atomic mass is 16.5. The van der Waals surface area contributed by atoms with Crippen LogP contribution in [0.5, 0.6) is 5.88 Å². The van der Waals surface area contributed by atoms with E-state index < -0.39 is 0 Å². The molecular formula is C8H13N3O2. The number of anilines is 1. The van der Waals surface area contributed by atoms with E-state index in [1.807, 2.05) is 13.8 Å². The van der Waals surface area contributed by atoms with Crippen molar-refractivity contribution in [2.45, 2.75) is 20.0 Å². The predicted octanol–water partition coefficient (Wildman–Crippen LogP) is 0.776. The van der Waals surface area contributed by atoms with Crippen molar-refractivity contribution in [3.63, 3.8) is 0 Å². The van der Waals surface area contributed by atoms with E-state index >= 15 is 0 Å². The normalized spacial score (nSPS) is 10.2. The molecule has 1 N–H and O–H groups in total. The van der Waals surface area contributed by atoms with E-state index in [0.29, 0.717) is 18.0 Å². The maximum Gasteiger partial charge on any atom is 0.257 e. The minimum Gasteiger partial charge on any atom is -0.472 e. The van der Waals surface area contributed by atoms with Crippen molar-refractivity contribution in [2.24, 2.45) is 7.05 Å². The Bertz CT molecular complexity index is 294. The third-order valence-corrected chi connectivity index (χ3v) is 1.36. The first-order valence-corrected chi connectivity index (χ1v) is 4.04. The molecule has 1 aromatic heterocycles. The van der Waals surface area contributed by atoms with Gasteiger partial charge in [-0.2, -0.15) is 0 Å².